The number of carbonyl (C=O) groups is 2. The lowest BCUT2D eigenvalue weighted by atomic mass is 9.69. The quantitative estimate of drug-likeness (QED) is 0.588. The fourth-order valence-electron chi connectivity index (χ4n) is 3.29. The van der Waals surface area contributed by atoms with Gasteiger partial charge >= 0.3 is 11.9 Å². The van der Waals surface area contributed by atoms with E-state index >= 15 is 0 Å². The summed E-state index contributed by atoms with van der Waals surface area (Å²) in [5.41, 5.74) is -0.0727. The Balaban J connectivity index is 2.21. The van der Waals surface area contributed by atoms with Crippen molar-refractivity contribution in [2.45, 2.75) is 45.3 Å². The van der Waals surface area contributed by atoms with Gasteiger partial charge in [-0.05, 0) is 19.8 Å². The second kappa shape index (κ2) is 5.33. The molecule has 0 aromatic carbocycles. The van der Waals surface area contributed by atoms with Gasteiger partial charge < -0.3 is 19.9 Å². The summed E-state index contributed by atoms with van der Waals surface area (Å²) < 4.78 is 10.2. The summed E-state index contributed by atoms with van der Waals surface area (Å²) in [6.45, 7) is 5.75. The maximum atomic E-state index is 12.2. The Morgan fingerprint density at radius 3 is 2.81 bits per heavy atom. The number of hydrogen-bond donors (Lipinski definition) is 2. The monoisotopic (exact) mass is 297 g/mol. The lowest BCUT2D eigenvalue weighted by Crippen LogP contribution is -2.50. The molecule has 6 nitrogen and oxygen atoms in total. The lowest BCUT2D eigenvalue weighted by Gasteiger charge is -2.45. The molecule has 1 heterocycles. The topological polar surface area (TPSA) is 84.9 Å². The first-order chi connectivity index (χ1) is 9.76. The summed E-state index contributed by atoms with van der Waals surface area (Å²) in [5, 5.41) is 12.0. The lowest BCUT2D eigenvalue weighted by molar-refractivity contribution is -0.172. The molecule has 0 aromatic rings. The van der Waals surface area contributed by atoms with Crippen LogP contribution in [0.5, 0.6) is 0 Å². The van der Waals surface area contributed by atoms with Crippen LogP contribution in [0, 0.1) is 11.3 Å². The van der Waals surface area contributed by atoms with E-state index in [1.54, 1.807) is 0 Å². The average Bonchev–Trinajstić information content (AvgIpc) is 2.57. The van der Waals surface area contributed by atoms with Gasteiger partial charge in [0.1, 0.15) is 11.6 Å². The van der Waals surface area contributed by atoms with Crippen molar-refractivity contribution in [1.82, 2.24) is 5.32 Å². The Labute approximate surface area is 124 Å². The molecule has 2 N–H and O–H groups in total. The van der Waals surface area contributed by atoms with E-state index in [-0.39, 0.29) is 17.3 Å². The van der Waals surface area contributed by atoms with Crippen LogP contribution in [0.25, 0.3) is 0 Å². The Bertz CT molecular complexity index is 484. The third kappa shape index (κ3) is 2.41. The first kappa shape index (κ1) is 15.8. The average molecular weight is 297 g/mol. The summed E-state index contributed by atoms with van der Waals surface area (Å²) >= 11 is 0. The Hall–Kier alpha value is -1.56. The SMILES string of the molecule is COC(=O)[C@H](CO)N/C=C1\C(=O)O[C@]2(C)CC[C@H]1C2(C)C. The van der Waals surface area contributed by atoms with Crippen LogP contribution >= 0.6 is 0 Å². The van der Waals surface area contributed by atoms with Crippen molar-refractivity contribution >= 4 is 11.9 Å². The molecule has 1 saturated carbocycles. The molecule has 2 aliphatic rings. The Morgan fingerprint density at radius 2 is 2.24 bits per heavy atom. The van der Waals surface area contributed by atoms with E-state index in [4.69, 9.17) is 4.74 Å². The zero-order valence-corrected chi connectivity index (χ0v) is 12.9. The zero-order chi connectivity index (χ0) is 15.8. The number of nitrogens with one attached hydrogen (secondary N) is 1. The minimum atomic E-state index is -0.881. The first-order valence-corrected chi connectivity index (χ1v) is 7.15. The van der Waals surface area contributed by atoms with Crippen LogP contribution in [0.3, 0.4) is 0 Å². The van der Waals surface area contributed by atoms with Gasteiger partial charge in [-0.1, -0.05) is 13.8 Å². The Morgan fingerprint density at radius 1 is 1.57 bits per heavy atom. The summed E-state index contributed by atoms with van der Waals surface area (Å²) in [6, 6.07) is -0.881. The highest BCUT2D eigenvalue weighted by atomic mass is 16.6. The van der Waals surface area contributed by atoms with Gasteiger partial charge in [-0.3, -0.25) is 0 Å². The van der Waals surface area contributed by atoms with Gasteiger partial charge in [-0.15, -0.1) is 0 Å². The molecule has 1 saturated heterocycles. The van der Waals surface area contributed by atoms with E-state index in [0.717, 1.165) is 12.8 Å². The van der Waals surface area contributed by atoms with Crippen molar-refractivity contribution in [3.05, 3.63) is 11.8 Å². The molecule has 0 radical (unpaired) electrons. The standard InChI is InChI=1S/C15H23NO5/c1-14(2)10-5-6-15(14,3)21-12(18)9(10)7-16-11(8-17)13(19)20-4/h7,10-11,16-17H,5-6,8H2,1-4H3/b9-7-/t10-,11+,15-/m1/s1. The minimum Gasteiger partial charge on any atom is -0.467 e. The third-order valence-electron chi connectivity index (χ3n) is 5.18. The molecular formula is C15H23NO5. The summed E-state index contributed by atoms with van der Waals surface area (Å²) in [6.07, 6.45) is 3.19. The maximum Gasteiger partial charge on any atom is 0.336 e. The van der Waals surface area contributed by atoms with Crippen molar-refractivity contribution in [3.63, 3.8) is 0 Å². The molecule has 1 aliphatic heterocycles. The molecule has 0 unspecified atom stereocenters. The number of hydrogen-bond acceptors (Lipinski definition) is 6. The predicted molar refractivity (Wildman–Crippen MR) is 75.1 cm³/mol. The summed E-state index contributed by atoms with van der Waals surface area (Å²) in [4.78, 5) is 23.6. The van der Waals surface area contributed by atoms with E-state index in [1.165, 1.54) is 13.3 Å². The normalized spacial score (nSPS) is 33.5. The van der Waals surface area contributed by atoms with Crippen molar-refractivity contribution in [3.8, 4) is 0 Å². The zero-order valence-electron chi connectivity index (χ0n) is 12.9. The van der Waals surface area contributed by atoms with Crippen LogP contribution < -0.4 is 5.32 Å². The molecule has 118 valence electrons. The van der Waals surface area contributed by atoms with Crippen LogP contribution in [-0.4, -0.2) is 42.4 Å². The summed E-state index contributed by atoms with van der Waals surface area (Å²) in [7, 11) is 1.25. The number of fused-ring (bicyclic) bond motifs is 2. The highest BCUT2D eigenvalue weighted by molar-refractivity contribution is 5.91. The smallest absolute Gasteiger partial charge is 0.336 e. The molecule has 2 rings (SSSR count). The summed E-state index contributed by atoms with van der Waals surface area (Å²) in [5.74, 6) is -0.851. The van der Waals surface area contributed by atoms with Gasteiger partial charge in [0.25, 0.3) is 0 Å². The number of aliphatic hydroxyl groups is 1. The fraction of sp³-hybridized carbons (Fsp3) is 0.733. The molecule has 21 heavy (non-hydrogen) atoms. The van der Waals surface area contributed by atoms with Crippen LogP contribution in [0.15, 0.2) is 11.8 Å². The number of methoxy groups -OCH3 is 1. The van der Waals surface area contributed by atoms with Crippen molar-refractivity contribution in [2.24, 2.45) is 11.3 Å². The molecule has 2 bridgehead atoms. The molecule has 2 fully saturated rings. The van der Waals surface area contributed by atoms with Crippen LogP contribution in [-0.2, 0) is 19.1 Å². The molecule has 0 amide bonds. The molecule has 0 aromatic heterocycles. The minimum absolute atomic E-state index is 0.0771. The molecule has 6 heteroatoms. The van der Waals surface area contributed by atoms with Crippen LogP contribution in [0.1, 0.15) is 33.6 Å². The van der Waals surface area contributed by atoms with E-state index in [9.17, 15) is 14.7 Å². The number of esters is 2. The van der Waals surface area contributed by atoms with E-state index < -0.39 is 24.2 Å². The van der Waals surface area contributed by atoms with Crippen LogP contribution in [0.2, 0.25) is 0 Å². The highest BCUT2D eigenvalue weighted by Gasteiger charge is 2.60. The van der Waals surface area contributed by atoms with Gasteiger partial charge in [0.05, 0.1) is 19.3 Å². The fourth-order valence-corrected chi connectivity index (χ4v) is 3.29. The second-order valence-corrected chi connectivity index (χ2v) is 6.46. The number of rotatable bonds is 4. The van der Waals surface area contributed by atoms with Crippen molar-refractivity contribution in [1.29, 1.82) is 0 Å². The molecule has 1 aliphatic carbocycles. The highest BCUT2D eigenvalue weighted by Crippen LogP contribution is 2.58. The molecular weight excluding hydrogens is 274 g/mol. The van der Waals surface area contributed by atoms with Crippen molar-refractivity contribution < 1.29 is 24.2 Å². The molecule has 0 spiro atoms. The molecule has 3 atom stereocenters. The van der Waals surface area contributed by atoms with E-state index in [2.05, 4.69) is 23.9 Å². The van der Waals surface area contributed by atoms with Gasteiger partial charge in [0.15, 0.2) is 0 Å². The Kier molecular flexibility index (Phi) is 4.02. The predicted octanol–water partition coefficient (Wildman–Crippen LogP) is 0.745. The second-order valence-electron chi connectivity index (χ2n) is 6.46. The van der Waals surface area contributed by atoms with E-state index in [1.807, 2.05) is 6.92 Å². The van der Waals surface area contributed by atoms with Gasteiger partial charge in [-0.2, -0.15) is 0 Å². The van der Waals surface area contributed by atoms with Gasteiger partial charge in [-0.25, -0.2) is 9.59 Å². The third-order valence-corrected chi connectivity index (χ3v) is 5.18. The van der Waals surface area contributed by atoms with Crippen molar-refractivity contribution in [2.75, 3.05) is 13.7 Å². The largest absolute Gasteiger partial charge is 0.467 e. The van der Waals surface area contributed by atoms with E-state index in [0.29, 0.717) is 5.57 Å². The van der Waals surface area contributed by atoms with Gasteiger partial charge in [0, 0.05) is 17.5 Å². The first-order valence-electron chi connectivity index (χ1n) is 7.15. The number of aliphatic hydroxyl groups excluding tert-OH is 1. The number of ether oxygens (including phenoxy) is 2. The van der Waals surface area contributed by atoms with Gasteiger partial charge in [0.2, 0.25) is 0 Å². The maximum absolute atomic E-state index is 12.2. The van der Waals surface area contributed by atoms with Crippen LogP contribution in [0.4, 0.5) is 0 Å². The number of carbonyl (C=O) groups excluding carboxylic acids is 2.